The Morgan fingerprint density at radius 1 is 1.53 bits per heavy atom. The highest BCUT2D eigenvalue weighted by Gasteiger charge is 2.16. The lowest BCUT2D eigenvalue weighted by atomic mass is 10.1. The van der Waals surface area contributed by atoms with Crippen LogP contribution in [0, 0.1) is 17.0 Å². The van der Waals surface area contributed by atoms with E-state index in [0.717, 1.165) is 0 Å². The Bertz CT molecular complexity index is 459. The van der Waals surface area contributed by atoms with Crippen molar-refractivity contribution in [2.45, 2.75) is 20.3 Å². The summed E-state index contributed by atoms with van der Waals surface area (Å²) in [6.45, 7) is 3.71. The summed E-state index contributed by atoms with van der Waals surface area (Å²) in [6, 6.07) is 2.79. The van der Waals surface area contributed by atoms with Gasteiger partial charge in [-0.1, -0.05) is 11.6 Å². The molecule has 1 aromatic rings. The Balaban J connectivity index is 2.99. The Kier molecular flexibility index (Phi) is 4.45. The number of benzene rings is 1. The zero-order chi connectivity index (χ0) is 13.0. The lowest BCUT2D eigenvalue weighted by Gasteiger charge is -2.06. The summed E-state index contributed by atoms with van der Waals surface area (Å²) in [7, 11) is 0. The summed E-state index contributed by atoms with van der Waals surface area (Å²) in [6.07, 6.45) is 0.0669. The first-order chi connectivity index (χ1) is 7.95. The summed E-state index contributed by atoms with van der Waals surface area (Å²) in [4.78, 5) is 21.4. The quantitative estimate of drug-likeness (QED) is 0.472. The maximum atomic E-state index is 11.3. The molecule has 0 saturated heterocycles. The van der Waals surface area contributed by atoms with E-state index in [1.165, 1.54) is 12.1 Å². The van der Waals surface area contributed by atoms with Gasteiger partial charge in [-0.2, -0.15) is 0 Å². The molecule has 0 fully saturated rings. The summed E-state index contributed by atoms with van der Waals surface area (Å²) in [5.41, 5.74) is 1.13. The van der Waals surface area contributed by atoms with Crippen LogP contribution in [0.15, 0.2) is 12.1 Å². The molecule has 6 heteroatoms. The van der Waals surface area contributed by atoms with Gasteiger partial charge in [-0.25, -0.2) is 0 Å². The third kappa shape index (κ3) is 3.42. The van der Waals surface area contributed by atoms with Crippen LogP contribution >= 0.6 is 11.6 Å². The molecule has 0 heterocycles. The third-order valence-corrected chi connectivity index (χ3v) is 2.54. The predicted molar refractivity (Wildman–Crippen MR) is 63.2 cm³/mol. The highest BCUT2D eigenvalue weighted by Crippen LogP contribution is 2.28. The lowest BCUT2D eigenvalue weighted by Crippen LogP contribution is -2.08. The number of carbonyl (C=O) groups is 1. The molecule has 0 amide bonds. The molecular formula is C11H12ClNO4. The minimum Gasteiger partial charge on any atom is -0.466 e. The lowest BCUT2D eigenvalue weighted by molar-refractivity contribution is -0.384. The van der Waals surface area contributed by atoms with Crippen molar-refractivity contribution in [3.8, 4) is 0 Å². The first-order valence-corrected chi connectivity index (χ1v) is 5.42. The van der Waals surface area contributed by atoms with Gasteiger partial charge >= 0.3 is 5.97 Å². The number of nitro groups is 1. The molecule has 0 aliphatic heterocycles. The molecule has 92 valence electrons. The minimum atomic E-state index is -0.552. The zero-order valence-electron chi connectivity index (χ0n) is 9.53. The van der Waals surface area contributed by atoms with E-state index < -0.39 is 4.92 Å². The van der Waals surface area contributed by atoms with Gasteiger partial charge < -0.3 is 4.74 Å². The first kappa shape index (κ1) is 13.4. The average Bonchev–Trinajstić information content (AvgIpc) is 2.22. The number of carbonyl (C=O) groups excluding carboxylic acids is 1. The number of halogens is 1. The van der Waals surface area contributed by atoms with E-state index >= 15 is 0 Å². The fraction of sp³-hybridized carbons (Fsp3) is 0.364. The highest BCUT2D eigenvalue weighted by atomic mass is 35.5. The van der Waals surface area contributed by atoms with Crippen LogP contribution in [0.4, 0.5) is 5.69 Å². The molecule has 0 radical (unpaired) electrons. The maximum Gasteiger partial charge on any atom is 0.310 e. The predicted octanol–water partition coefficient (Wildman–Crippen LogP) is 2.66. The van der Waals surface area contributed by atoms with Gasteiger partial charge in [-0.05, 0) is 31.0 Å². The summed E-state index contributed by atoms with van der Waals surface area (Å²) < 4.78 is 4.80. The number of ether oxygens (including phenoxy) is 1. The molecule has 0 N–H and O–H groups in total. The van der Waals surface area contributed by atoms with E-state index in [1.54, 1.807) is 13.8 Å². The molecule has 0 aliphatic rings. The van der Waals surface area contributed by atoms with Gasteiger partial charge in [0.2, 0.25) is 0 Å². The average molecular weight is 258 g/mol. The molecule has 0 unspecified atom stereocenters. The Morgan fingerprint density at radius 2 is 2.18 bits per heavy atom. The van der Waals surface area contributed by atoms with Crippen LogP contribution in [-0.4, -0.2) is 17.5 Å². The standard InChI is InChI=1S/C11H12ClNO4/c1-3-17-11(14)6-8-5-9(12)10(13(15)16)4-7(8)2/h4-5H,3,6H2,1-2H3. The molecule has 5 nitrogen and oxygen atoms in total. The van der Waals surface area contributed by atoms with Crippen molar-refractivity contribution in [1.29, 1.82) is 0 Å². The van der Waals surface area contributed by atoms with Crippen molar-refractivity contribution in [3.63, 3.8) is 0 Å². The molecule has 0 saturated carbocycles. The molecule has 0 atom stereocenters. The monoisotopic (exact) mass is 257 g/mol. The van der Waals surface area contributed by atoms with Gasteiger partial charge in [-0.15, -0.1) is 0 Å². The van der Waals surface area contributed by atoms with E-state index in [1.807, 2.05) is 0 Å². The largest absolute Gasteiger partial charge is 0.466 e. The van der Waals surface area contributed by atoms with Gasteiger partial charge in [0.25, 0.3) is 5.69 Å². The van der Waals surface area contributed by atoms with Crippen LogP contribution in [0.1, 0.15) is 18.1 Å². The van der Waals surface area contributed by atoms with Crippen LogP contribution in [-0.2, 0) is 16.0 Å². The molecule has 0 aromatic heterocycles. The molecule has 1 aromatic carbocycles. The second-order valence-corrected chi connectivity index (χ2v) is 3.88. The number of hydrogen-bond acceptors (Lipinski definition) is 4. The topological polar surface area (TPSA) is 69.4 Å². The number of aryl methyl sites for hydroxylation is 1. The number of nitrogens with zero attached hydrogens (tertiary/aromatic N) is 1. The van der Waals surface area contributed by atoms with Crippen LogP contribution in [0.5, 0.6) is 0 Å². The van der Waals surface area contributed by atoms with Gasteiger partial charge in [0.15, 0.2) is 0 Å². The fourth-order valence-electron chi connectivity index (χ4n) is 1.41. The fourth-order valence-corrected chi connectivity index (χ4v) is 1.66. The van der Waals surface area contributed by atoms with Crippen LogP contribution < -0.4 is 0 Å². The highest BCUT2D eigenvalue weighted by molar-refractivity contribution is 6.32. The molecule has 0 bridgehead atoms. The maximum absolute atomic E-state index is 11.3. The molecule has 1 rings (SSSR count). The molecule has 0 spiro atoms. The zero-order valence-corrected chi connectivity index (χ0v) is 10.3. The Morgan fingerprint density at radius 3 is 2.71 bits per heavy atom. The second-order valence-electron chi connectivity index (χ2n) is 3.47. The second kappa shape index (κ2) is 5.63. The number of hydrogen-bond donors (Lipinski definition) is 0. The summed E-state index contributed by atoms with van der Waals surface area (Å²) in [5, 5.41) is 10.7. The Hall–Kier alpha value is -1.62. The van der Waals surface area contributed by atoms with Crippen LogP contribution in [0.3, 0.4) is 0 Å². The smallest absolute Gasteiger partial charge is 0.310 e. The van der Waals surface area contributed by atoms with Crippen molar-refractivity contribution in [2.24, 2.45) is 0 Å². The molecule has 0 aliphatic carbocycles. The van der Waals surface area contributed by atoms with Gasteiger partial charge in [-0.3, -0.25) is 14.9 Å². The van der Waals surface area contributed by atoms with Crippen LogP contribution in [0.25, 0.3) is 0 Å². The van der Waals surface area contributed by atoms with E-state index in [9.17, 15) is 14.9 Å². The number of esters is 1. The van der Waals surface area contributed by atoms with Crippen LogP contribution in [0.2, 0.25) is 5.02 Å². The van der Waals surface area contributed by atoms with Crippen molar-refractivity contribution in [2.75, 3.05) is 6.61 Å². The minimum absolute atomic E-state index is 0.0277. The van der Waals surface area contributed by atoms with Gasteiger partial charge in [0.05, 0.1) is 18.0 Å². The third-order valence-electron chi connectivity index (χ3n) is 2.24. The van der Waals surface area contributed by atoms with E-state index in [-0.39, 0.29) is 23.1 Å². The van der Waals surface area contributed by atoms with Crippen molar-refractivity contribution < 1.29 is 14.5 Å². The van der Waals surface area contributed by atoms with Crippen molar-refractivity contribution in [1.82, 2.24) is 0 Å². The van der Waals surface area contributed by atoms with E-state index in [2.05, 4.69) is 0 Å². The van der Waals surface area contributed by atoms with Gasteiger partial charge in [0.1, 0.15) is 5.02 Å². The van der Waals surface area contributed by atoms with E-state index in [0.29, 0.717) is 17.7 Å². The van der Waals surface area contributed by atoms with Crippen molar-refractivity contribution >= 4 is 23.3 Å². The first-order valence-electron chi connectivity index (χ1n) is 5.04. The molecular weight excluding hydrogens is 246 g/mol. The Labute approximate surface area is 103 Å². The van der Waals surface area contributed by atoms with E-state index in [4.69, 9.17) is 16.3 Å². The number of nitro benzene ring substituents is 1. The SMILES string of the molecule is CCOC(=O)Cc1cc(Cl)c([N+](=O)[O-])cc1C. The summed E-state index contributed by atoms with van der Waals surface area (Å²) in [5.74, 6) is -0.375. The van der Waals surface area contributed by atoms with Crippen molar-refractivity contribution in [3.05, 3.63) is 38.4 Å². The normalized spacial score (nSPS) is 10.1. The molecule has 17 heavy (non-hydrogen) atoms. The number of rotatable bonds is 4. The van der Waals surface area contributed by atoms with Gasteiger partial charge in [0, 0.05) is 6.07 Å². The summed E-state index contributed by atoms with van der Waals surface area (Å²) >= 11 is 5.76.